The Bertz CT molecular complexity index is 1330. The normalized spacial score (nSPS) is 21.6. The second-order valence-electron chi connectivity index (χ2n) is 11.2. The molecule has 0 unspecified atom stereocenters. The van der Waals surface area contributed by atoms with Gasteiger partial charge in [-0.3, -0.25) is 0 Å². The largest absolute Gasteiger partial charge is 0.374 e. The number of unbranched alkanes of at least 4 members (excludes halogenated alkanes) is 1. The van der Waals surface area contributed by atoms with Gasteiger partial charge in [-0.2, -0.15) is 0 Å². The van der Waals surface area contributed by atoms with Gasteiger partial charge in [0, 0.05) is 0 Å². The zero-order valence-electron chi connectivity index (χ0n) is 25.4. The minimum absolute atomic E-state index is 0.193. The van der Waals surface area contributed by atoms with Crippen molar-refractivity contribution in [2.75, 3.05) is 6.61 Å². The quantitative estimate of drug-likeness (QED) is 0.0916. The molecule has 0 spiro atoms. The molecular formula is C39H44O5. The van der Waals surface area contributed by atoms with Crippen molar-refractivity contribution in [1.82, 2.24) is 0 Å². The molecule has 5 atom stereocenters. The van der Waals surface area contributed by atoms with Crippen LogP contribution in [0.2, 0.25) is 0 Å². The van der Waals surface area contributed by atoms with Gasteiger partial charge < -0.3 is 23.7 Å². The molecular weight excluding hydrogens is 548 g/mol. The minimum atomic E-state index is -0.411. The molecule has 1 aliphatic rings. The molecule has 0 aromatic heterocycles. The van der Waals surface area contributed by atoms with Gasteiger partial charge in [0.05, 0.1) is 39.1 Å². The summed E-state index contributed by atoms with van der Waals surface area (Å²) in [5, 5.41) is 0. The van der Waals surface area contributed by atoms with Gasteiger partial charge in [-0.25, -0.2) is 0 Å². The van der Waals surface area contributed by atoms with Crippen molar-refractivity contribution >= 4 is 0 Å². The third-order valence-corrected chi connectivity index (χ3v) is 7.88. The second-order valence-corrected chi connectivity index (χ2v) is 11.2. The molecule has 5 rings (SSSR count). The fourth-order valence-corrected chi connectivity index (χ4v) is 5.58. The number of allylic oxidation sites excluding steroid dienone is 1. The summed E-state index contributed by atoms with van der Waals surface area (Å²) in [5.41, 5.74) is 4.42. The summed E-state index contributed by atoms with van der Waals surface area (Å²) >= 11 is 0. The number of hydrogen-bond acceptors (Lipinski definition) is 5. The van der Waals surface area contributed by atoms with Crippen molar-refractivity contribution < 1.29 is 23.7 Å². The minimum Gasteiger partial charge on any atom is -0.374 e. The Hall–Kier alpha value is -3.58. The Morgan fingerprint density at radius 1 is 0.523 bits per heavy atom. The standard InChI is InChI=1S/C39H44O5/c1-2-3-8-25-35-37(41-27-32-19-11-5-12-20-32)39(43-29-34-23-15-7-16-24-34)38(42-28-33-21-13-6-14-22-33)36(44-35)30-40-26-31-17-9-4-10-18-31/h2,4-7,9-24,35-39H,1,3,8,25-30H2/t35-,36-,37-,38-,39-/m1/s1. The number of benzene rings is 4. The smallest absolute Gasteiger partial charge is 0.115 e. The van der Waals surface area contributed by atoms with Crippen molar-refractivity contribution in [2.24, 2.45) is 0 Å². The number of rotatable bonds is 17. The predicted molar refractivity (Wildman–Crippen MR) is 174 cm³/mol. The van der Waals surface area contributed by atoms with Crippen LogP contribution in [0.4, 0.5) is 0 Å². The van der Waals surface area contributed by atoms with Crippen molar-refractivity contribution in [3.63, 3.8) is 0 Å². The van der Waals surface area contributed by atoms with Gasteiger partial charge in [0.2, 0.25) is 0 Å². The topological polar surface area (TPSA) is 46.2 Å². The van der Waals surface area contributed by atoms with E-state index in [-0.39, 0.29) is 24.4 Å². The van der Waals surface area contributed by atoms with Gasteiger partial charge >= 0.3 is 0 Å². The Morgan fingerprint density at radius 3 is 1.39 bits per heavy atom. The lowest BCUT2D eigenvalue weighted by molar-refractivity contribution is -0.273. The van der Waals surface area contributed by atoms with Crippen LogP contribution in [0.15, 0.2) is 134 Å². The lowest BCUT2D eigenvalue weighted by atomic mass is 9.91. The highest BCUT2D eigenvalue weighted by Crippen LogP contribution is 2.33. The van der Waals surface area contributed by atoms with E-state index < -0.39 is 6.10 Å². The summed E-state index contributed by atoms with van der Waals surface area (Å²) in [4.78, 5) is 0. The van der Waals surface area contributed by atoms with E-state index in [1.807, 2.05) is 78.9 Å². The zero-order chi connectivity index (χ0) is 30.2. The highest BCUT2D eigenvalue weighted by Gasteiger charge is 2.48. The third kappa shape index (κ3) is 9.71. The van der Waals surface area contributed by atoms with Gasteiger partial charge in [-0.15, -0.1) is 6.58 Å². The molecule has 1 fully saturated rings. The van der Waals surface area contributed by atoms with Crippen LogP contribution < -0.4 is 0 Å². The fraction of sp³-hybridized carbons (Fsp3) is 0.333. The van der Waals surface area contributed by atoms with Gasteiger partial charge in [-0.1, -0.05) is 127 Å². The maximum Gasteiger partial charge on any atom is 0.115 e. The van der Waals surface area contributed by atoms with Crippen molar-refractivity contribution in [1.29, 1.82) is 0 Å². The molecule has 0 radical (unpaired) electrons. The Balaban J connectivity index is 1.42. The van der Waals surface area contributed by atoms with Crippen LogP contribution in [-0.2, 0) is 50.1 Å². The van der Waals surface area contributed by atoms with E-state index in [1.54, 1.807) is 0 Å². The maximum absolute atomic E-state index is 6.87. The summed E-state index contributed by atoms with van der Waals surface area (Å²) in [7, 11) is 0. The molecule has 1 heterocycles. The highest BCUT2D eigenvalue weighted by molar-refractivity contribution is 5.16. The lowest BCUT2D eigenvalue weighted by Gasteiger charge is -2.46. The van der Waals surface area contributed by atoms with Gasteiger partial charge in [0.1, 0.15) is 24.4 Å². The fourth-order valence-electron chi connectivity index (χ4n) is 5.58. The summed E-state index contributed by atoms with van der Waals surface area (Å²) in [6.07, 6.45) is 2.96. The molecule has 1 aliphatic heterocycles. The summed E-state index contributed by atoms with van der Waals surface area (Å²) < 4.78 is 33.4. The lowest BCUT2D eigenvalue weighted by Crippen LogP contribution is -2.61. The number of ether oxygens (including phenoxy) is 5. The van der Waals surface area contributed by atoms with E-state index in [2.05, 4.69) is 55.1 Å². The van der Waals surface area contributed by atoms with Crippen LogP contribution in [0.1, 0.15) is 41.5 Å². The monoisotopic (exact) mass is 592 g/mol. The van der Waals surface area contributed by atoms with E-state index in [4.69, 9.17) is 23.7 Å². The first-order valence-corrected chi connectivity index (χ1v) is 15.6. The molecule has 5 nitrogen and oxygen atoms in total. The highest BCUT2D eigenvalue weighted by atomic mass is 16.6. The van der Waals surface area contributed by atoms with E-state index in [1.165, 1.54) is 0 Å². The van der Waals surface area contributed by atoms with Crippen molar-refractivity contribution in [3.05, 3.63) is 156 Å². The van der Waals surface area contributed by atoms with Crippen molar-refractivity contribution in [2.45, 2.75) is 76.2 Å². The molecule has 0 aliphatic carbocycles. The van der Waals surface area contributed by atoms with E-state index in [9.17, 15) is 0 Å². The van der Waals surface area contributed by atoms with E-state index in [0.717, 1.165) is 41.5 Å². The van der Waals surface area contributed by atoms with Gasteiger partial charge in [0.15, 0.2) is 0 Å². The molecule has 5 heteroatoms. The average Bonchev–Trinajstić information content (AvgIpc) is 3.08. The first-order chi connectivity index (χ1) is 21.8. The average molecular weight is 593 g/mol. The van der Waals surface area contributed by atoms with Crippen molar-refractivity contribution in [3.8, 4) is 0 Å². The molecule has 4 aromatic rings. The summed E-state index contributed by atoms with van der Waals surface area (Å²) in [6, 6.07) is 40.9. The summed E-state index contributed by atoms with van der Waals surface area (Å²) in [5.74, 6) is 0. The van der Waals surface area contributed by atoms with Crippen LogP contribution in [-0.4, -0.2) is 37.1 Å². The Kier molecular flexibility index (Phi) is 12.8. The van der Waals surface area contributed by atoms with Crippen LogP contribution in [0.3, 0.4) is 0 Å². The zero-order valence-corrected chi connectivity index (χ0v) is 25.4. The molecule has 4 aromatic carbocycles. The Morgan fingerprint density at radius 2 is 0.932 bits per heavy atom. The van der Waals surface area contributed by atoms with E-state index in [0.29, 0.717) is 33.0 Å². The van der Waals surface area contributed by atoms with Crippen LogP contribution in [0, 0.1) is 0 Å². The van der Waals surface area contributed by atoms with Crippen LogP contribution in [0.25, 0.3) is 0 Å². The van der Waals surface area contributed by atoms with Crippen LogP contribution >= 0.6 is 0 Å². The SMILES string of the molecule is C=CCCC[C@H]1O[C@H](COCc2ccccc2)[C@@H](OCc2ccccc2)[C@H](OCc2ccccc2)[C@@H]1OCc1ccccc1. The first-order valence-electron chi connectivity index (χ1n) is 15.6. The second kappa shape index (κ2) is 17.6. The predicted octanol–water partition coefficient (Wildman–Crippen LogP) is 8.08. The Labute approximate surface area is 262 Å². The molecule has 1 saturated heterocycles. The molecule has 0 saturated carbocycles. The number of hydrogen-bond donors (Lipinski definition) is 0. The van der Waals surface area contributed by atoms with Gasteiger partial charge in [-0.05, 0) is 41.5 Å². The molecule has 44 heavy (non-hydrogen) atoms. The molecule has 0 N–H and O–H groups in total. The van der Waals surface area contributed by atoms with Crippen LogP contribution in [0.5, 0.6) is 0 Å². The first kappa shape index (κ1) is 31.8. The van der Waals surface area contributed by atoms with E-state index >= 15 is 0 Å². The molecule has 0 amide bonds. The maximum atomic E-state index is 6.87. The summed E-state index contributed by atoms with van der Waals surface area (Å²) in [6.45, 7) is 6.14. The molecule has 230 valence electrons. The third-order valence-electron chi connectivity index (χ3n) is 7.88. The van der Waals surface area contributed by atoms with Gasteiger partial charge in [0.25, 0.3) is 0 Å². The molecule has 0 bridgehead atoms.